The van der Waals surface area contributed by atoms with Crippen LogP contribution in [0.2, 0.25) is 5.02 Å². The van der Waals surface area contributed by atoms with Crippen molar-refractivity contribution in [1.29, 1.82) is 0 Å². The third-order valence-electron chi connectivity index (χ3n) is 6.63. The Morgan fingerprint density at radius 1 is 0.944 bits per heavy atom. The van der Waals surface area contributed by atoms with E-state index in [1.54, 1.807) is 20.4 Å². The van der Waals surface area contributed by atoms with E-state index in [4.69, 9.17) is 33.3 Å². The third kappa shape index (κ3) is 4.08. The van der Waals surface area contributed by atoms with Gasteiger partial charge in [-0.2, -0.15) is 0 Å². The maximum Gasteiger partial charge on any atom is 0.174 e. The molecule has 0 spiro atoms. The molecule has 184 valence electrons. The lowest BCUT2D eigenvalue weighted by Gasteiger charge is -2.29. The predicted molar refractivity (Wildman–Crippen MR) is 148 cm³/mol. The number of thiocarbonyl (C=S) groups is 1. The van der Waals surface area contributed by atoms with E-state index in [2.05, 4.69) is 39.7 Å². The van der Waals surface area contributed by atoms with Gasteiger partial charge in [-0.15, -0.1) is 0 Å². The lowest BCUT2D eigenvalue weighted by Crippen LogP contribution is -2.30. The van der Waals surface area contributed by atoms with E-state index in [0.717, 1.165) is 34.0 Å². The van der Waals surface area contributed by atoms with Crippen molar-refractivity contribution in [1.82, 2.24) is 14.9 Å². The number of nitrogens with zero attached hydrogens (tertiary/aromatic N) is 3. The molecule has 0 bridgehead atoms. The van der Waals surface area contributed by atoms with Gasteiger partial charge in [-0.1, -0.05) is 29.8 Å². The van der Waals surface area contributed by atoms with Crippen molar-refractivity contribution in [3.8, 4) is 17.2 Å². The van der Waals surface area contributed by atoms with Crippen LogP contribution >= 0.6 is 23.8 Å². The molecule has 36 heavy (non-hydrogen) atoms. The average Bonchev–Trinajstić information content (AvgIpc) is 3.39. The van der Waals surface area contributed by atoms with Crippen molar-refractivity contribution < 1.29 is 9.47 Å². The smallest absolute Gasteiger partial charge is 0.174 e. The van der Waals surface area contributed by atoms with Gasteiger partial charge in [0.15, 0.2) is 5.11 Å². The quantitative estimate of drug-likeness (QED) is 0.301. The molecule has 1 fully saturated rings. The van der Waals surface area contributed by atoms with Crippen molar-refractivity contribution >= 4 is 34.6 Å². The molecule has 0 amide bonds. The van der Waals surface area contributed by atoms with Crippen LogP contribution in [0, 0.1) is 13.8 Å². The summed E-state index contributed by atoms with van der Waals surface area (Å²) in [6, 6.07) is 21.4. The number of ether oxygens (including phenoxy) is 2. The Kier molecular flexibility index (Phi) is 6.60. The molecule has 8 heteroatoms. The van der Waals surface area contributed by atoms with Crippen LogP contribution < -0.4 is 19.7 Å². The summed E-state index contributed by atoms with van der Waals surface area (Å²) in [6.45, 7) is 4.21. The number of para-hydroxylation sites is 1. The minimum absolute atomic E-state index is 0.175. The summed E-state index contributed by atoms with van der Waals surface area (Å²) in [5, 5.41) is 4.82. The van der Waals surface area contributed by atoms with E-state index in [1.807, 2.05) is 60.7 Å². The Bertz CT molecular complexity index is 1420. The van der Waals surface area contributed by atoms with E-state index in [1.165, 1.54) is 0 Å². The predicted octanol–water partition coefficient (Wildman–Crippen LogP) is 6.34. The lowest BCUT2D eigenvalue weighted by atomic mass is 9.96. The molecule has 0 saturated carbocycles. The molecular weight excluding hydrogens is 492 g/mol. The molecule has 3 heterocycles. The van der Waals surface area contributed by atoms with Crippen LogP contribution in [0.5, 0.6) is 11.5 Å². The second-order valence-corrected chi connectivity index (χ2v) is 9.44. The van der Waals surface area contributed by atoms with Crippen molar-refractivity contribution in [2.24, 2.45) is 0 Å². The Morgan fingerprint density at radius 2 is 1.72 bits per heavy atom. The molecule has 0 radical (unpaired) electrons. The summed E-state index contributed by atoms with van der Waals surface area (Å²) in [6.07, 6.45) is 1.81. The topological polar surface area (TPSA) is 51.5 Å². The minimum atomic E-state index is -0.183. The molecule has 0 unspecified atom stereocenters. The molecule has 2 atom stereocenters. The van der Waals surface area contributed by atoms with Gasteiger partial charge in [0, 0.05) is 23.7 Å². The van der Waals surface area contributed by atoms with Crippen LogP contribution in [0.25, 0.3) is 5.69 Å². The van der Waals surface area contributed by atoms with Crippen molar-refractivity contribution in [2.45, 2.75) is 25.9 Å². The highest BCUT2D eigenvalue weighted by Gasteiger charge is 2.43. The Balaban J connectivity index is 1.71. The fourth-order valence-corrected chi connectivity index (χ4v) is 5.56. The molecule has 2 aromatic heterocycles. The van der Waals surface area contributed by atoms with Crippen LogP contribution in [0.1, 0.15) is 34.7 Å². The van der Waals surface area contributed by atoms with Gasteiger partial charge < -0.3 is 24.3 Å². The second-order valence-electron chi connectivity index (χ2n) is 8.65. The molecule has 1 aliphatic rings. The summed E-state index contributed by atoms with van der Waals surface area (Å²) in [4.78, 5) is 6.79. The summed E-state index contributed by atoms with van der Waals surface area (Å²) < 4.78 is 13.4. The first-order valence-electron chi connectivity index (χ1n) is 11.6. The largest absolute Gasteiger partial charge is 0.497 e. The number of aryl methyl sites for hydroxylation is 1. The van der Waals surface area contributed by atoms with Gasteiger partial charge in [0.25, 0.3) is 0 Å². The average molecular weight is 519 g/mol. The van der Waals surface area contributed by atoms with Crippen LogP contribution in [0.3, 0.4) is 0 Å². The molecule has 1 aliphatic heterocycles. The minimum Gasteiger partial charge on any atom is -0.497 e. The number of hydrogen-bond acceptors (Lipinski definition) is 4. The first-order chi connectivity index (χ1) is 17.4. The maximum absolute atomic E-state index is 6.61. The summed E-state index contributed by atoms with van der Waals surface area (Å²) in [5.74, 6) is 1.38. The SMILES string of the molecule is COc1ccc(N2C(=S)N[C@@H](c3ccccn3)[C@@H]2c2cc(C)n(-c3ccccc3Cl)c2C)c(OC)c1. The van der Waals surface area contributed by atoms with Crippen molar-refractivity contribution in [2.75, 3.05) is 19.1 Å². The fourth-order valence-electron chi connectivity index (χ4n) is 5.01. The van der Waals surface area contributed by atoms with Crippen LogP contribution in [0.4, 0.5) is 5.69 Å². The highest BCUT2D eigenvalue weighted by atomic mass is 35.5. The number of hydrogen-bond donors (Lipinski definition) is 1. The van der Waals surface area contributed by atoms with Crippen LogP contribution in [0.15, 0.2) is 72.9 Å². The van der Waals surface area contributed by atoms with Gasteiger partial charge in [-0.05, 0) is 74.1 Å². The van der Waals surface area contributed by atoms with E-state index in [-0.39, 0.29) is 12.1 Å². The summed E-state index contributed by atoms with van der Waals surface area (Å²) in [7, 11) is 3.29. The number of aromatic nitrogens is 2. The third-order valence-corrected chi connectivity index (χ3v) is 7.26. The fraction of sp³-hybridized carbons (Fsp3) is 0.214. The van der Waals surface area contributed by atoms with Gasteiger partial charge in [0.05, 0.1) is 48.4 Å². The Hall–Kier alpha value is -3.55. The monoisotopic (exact) mass is 518 g/mol. The maximum atomic E-state index is 6.61. The highest BCUT2D eigenvalue weighted by Crippen LogP contribution is 2.47. The molecule has 2 aromatic carbocycles. The molecular formula is C28H27ClN4O2S. The normalized spacial score (nSPS) is 17.2. The Morgan fingerprint density at radius 3 is 2.42 bits per heavy atom. The number of methoxy groups -OCH3 is 2. The molecule has 5 rings (SSSR count). The number of pyridine rings is 1. The lowest BCUT2D eigenvalue weighted by molar-refractivity contribution is 0.394. The first-order valence-corrected chi connectivity index (χ1v) is 12.4. The van der Waals surface area contributed by atoms with Gasteiger partial charge in [0.2, 0.25) is 0 Å². The molecule has 1 saturated heterocycles. The van der Waals surface area contributed by atoms with E-state index in [0.29, 0.717) is 21.6 Å². The number of rotatable bonds is 6. The highest BCUT2D eigenvalue weighted by molar-refractivity contribution is 7.80. The van der Waals surface area contributed by atoms with Crippen LogP contribution in [-0.2, 0) is 0 Å². The molecule has 1 N–H and O–H groups in total. The zero-order valence-corrected chi connectivity index (χ0v) is 22.1. The van der Waals surface area contributed by atoms with Gasteiger partial charge >= 0.3 is 0 Å². The van der Waals surface area contributed by atoms with Gasteiger partial charge in [-0.3, -0.25) is 4.98 Å². The second kappa shape index (κ2) is 9.84. The van der Waals surface area contributed by atoms with E-state index in [9.17, 15) is 0 Å². The zero-order chi connectivity index (χ0) is 25.4. The van der Waals surface area contributed by atoms with E-state index < -0.39 is 0 Å². The first kappa shape index (κ1) is 24.2. The number of benzene rings is 2. The van der Waals surface area contributed by atoms with Gasteiger partial charge in [0.1, 0.15) is 11.5 Å². The van der Waals surface area contributed by atoms with E-state index >= 15 is 0 Å². The molecule has 0 aliphatic carbocycles. The standard InChI is InChI=1S/C28H27ClN4O2S/c1-17-15-20(18(2)32(17)23-11-6-5-9-21(23)29)27-26(22-10-7-8-14-30-22)31-28(36)33(27)24-13-12-19(34-3)16-25(24)35-4/h5-16,26-27H,1-4H3,(H,31,36)/t26-,27-/m0/s1. The summed E-state index contributed by atoms with van der Waals surface area (Å²) in [5.41, 5.74) is 5.97. The summed E-state index contributed by atoms with van der Waals surface area (Å²) >= 11 is 12.5. The van der Waals surface area contributed by atoms with Gasteiger partial charge in [-0.25, -0.2) is 0 Å². The van der Waals surface area contributed by atoms with Crippen molar-refractivity contribution in [3.05, 3.63) is 101 Å². The Labute approximate surface area is 221 Å². The number of halogens is 1. The molecule has 4 aromatic rings. The molecule has 6 nitrogen and oxygen atoms in total. The number of nitrogens with one attached hydrogen (secondary N) is 1. The zero-order valence-electron chi connectivity index (χ0n) is 20.5. The number of anilines is 1. The van der Waals surface area contributed by atoms with Crippen LogP contribution in [-0.4, -0.2) is 28.9 Å². The van der Waals surface area contributed by atoms with Crippen molar-refractivity contribution in [3.63, 3.8) is 0 Å².